The van der Waals surface area contributed by atoms with Crippen molar-refractivity contribution in [2.75, 3.05) is 18.4 Å². The van der Waals surface area contributed by atoms with Gasteiger partial charge in [-0.1, -0.05) is 26.0 Å². The molecule has 1 aliphatic rings. The molecule has 0 bridgehead atoms. The zero-order valence-electron chi connectivity index (χ0n) is 11.7. The van der Waals surface area contributed by atoms with Gasteiger partial charge in [0.05, 0.1) is 0 Å². The monoisotopic (exact) mass is 261 g/mol. The van der Waals surface area contributed by atoms with Crippen LogP contribution in [0.4, 0.5) is 10.5 Å². The third-order valence-corrected chi connectivity index (χ3v) is 3.66. The molecule has 0 aromatic heterocycles. The summed E-state index contributed by atoms with van der Waals surface area (Å²) in [5.41, 5.74) is 7.97. The largest absolute Gasteiger partial charge is 0.328 e. The molecule has 2 rings (SSSR count). The lowest BCUT2D eigenvalue weighted by Gasteiger charge is -2.30. The second-order valence-corrected chi connectivity index (χ2v) is 5.53. The summed E-state index contributed by atoms with van der Waals surface area (Å²) in [7, 11) is 0. The number of carbonyl (C=O) groups is 1. The number of piperidine rings is 1. The van der Waals surface area contributed by atoms with E-state index in [-0.39, 0.29) is 12.1 Å². The zero-order chi connectivity index (χ0) is 13.8. The van der Waals surface area contributed by atoms with Gasteiger partial charge in [0.25, 0.3) is 0 Å². The van der Waals surface area contributed by atoms with Crippen molar-refractivity contribution in [2.24, 2.45) is 5.73 Å². The van der Waals surface area contributed by atoms with Crippen LogP contribution in [0.3, 0.4) is 0 Å². The van der Waals surface area contributed by atoms with Crippen LogP contribution < -0.4 is 11.1 Å². The number of likely N-dealkylation sites (tertiary alicyclic amines) is 1. The van der Waals surface area contributed by atoms with E-state index in [4.69, 9.17) is 5.73 Å². The molecule has 0 spiro atoms. The van der Waals surface area contributed by atoms with E-state index in [1.54, 1.807) is 0 Å². The first kappa shape index (κ1) is 13.9. The van der Waals surface area contributed by atoms with Crippen molar-refractivity contribution < 1.29 is 4.79 Å². The number of nitrogens with zero attached hydrogens (tertiary/aromatic N) is 1. The van der Waals surface area contributed by atoms with Gasteiger partial charge in [0, 0.05) is 24.8 Å². The lowest BCUT2D eigenvalue weighted by Crippen LogP contribution is -2.44. The molecular weight excluding hydrogens is 238 g/mol. The van der Waals surface area contributed by atoms with E-state index in [9.17, 15) is 4.79 Å². The Morgan fingerprint density at radius 3 is 2.37 bits per heavy atom. The number of hydrogen-bond acceptors (Lipinski definition) is 2. The molecule has 1 fully saturated rings. The maximum absolute atomic E-state index is 12.1. The van der Waals surface area contributed by atoms with Crippen molar-refractivity contribution in [2.45, 2.75) is 38.6 Å². The summed E-state index contributed by atoms with van der Waals surface area (Å²) in [6.45, 7) is 5.81. The minimum atomic E-state index is -0.0239. The Balaban J connectivity index is 1.91. The predicted octanol–water partition coefficient (Wildman–Crippen LogP) is 2.77. The number of anilines is 1. The van der Waals surface area contributed by atoms with Crippen molar-refractivity contribution in [1.82, 2.24) is 4.90 Å². The summed E-state index contributed by atoms with van der Waals surface area (Å²) in [4.78, 5) is 13.9. The maximum atomic E-state index is 12.1. The van der Waals surface area contributed by atoms with Crippen LogP contribution in [0, 0.1) is 0 Å². The highest BCUT2D eigenvalue weighted by Gasteiger charge is 2.20. The van der Waals surface area contributed by atoms with E-state index < -0.39 is 0 Å². The number of nitrogens with one attached hydrogen (secondary N) is 1. The Labute approximate surface area is 115 Å². The van der Waals surface area contributed by atoms with Gasteiger partial charge in [0.1, 0.15) is 0 Å². The SMILES string of the molecule is CC(C)c1ccc(NC(=O)N2CCC(N)CC2)cc1. The van der Waals surface area contributed by atoms with Crippen molar-refractivity contribution in [3.63, 3.8) is 0 Å². The number of benzene rings is 1. The van der Waals surface area contributed by atoms with Crippen LogP contribution in [-0.4, -0.2) is 30.1 Å². The van der Waals surface area contributed by atoms with Crippen LogP contribution in [0.2, 0.25) is 0 Å². The standard InChI is InChI=1S/C15H23N3O/c1-11(2)12-3-5-14(6-4-12)17-15(19)18-9-7-13(16)8-10-18/h3-6,11,13H,7-10,16H2,1-2H3,(H,17,19). The number of carbonyl (C=O) groups excluding carboxylic acids is 1. The fourth-order valence-corrected chi connectivity index (χ4v) is 2.26. The molecule has 3 N–H and O–H groups in total. The quantitative estimate of drug-likeness (QED) is 0.860. The van der Waals surface area contributed by atoms with Gasteiger partial charge in [-0.15, -0.1) is 0 Å². The Morgan fingerprint density at radius 1 is 1.26 bits per heavy atom. The van der Waals surface area contributed by atoms with Gasteiger partial charge < -0.3 is 16.0 Å². The molecule has 104 valence electrons. The first-order valence-electron chi connectivity index (χ1n) is 6.97. The molecular formula is C15H23N3O. The molecule has 0 saturated carbocycles. The molecule has 0 atom stereocenters. The van der Waals surface area contributed by atoms with Gasteiger partial charge >= 0.3 is 6.03 Å². The van der Waals surface area contributed by atoms with E-state index in [1.807, 2.05) is 17.0 Å². The topological polar surface area (TPSA) is 58.4 Å². The van der Waals surface area contributed by atoms with Crippen LogP contribution in [0.5, 0.6) is 0 Å². The second-order valence-electron chi connectivity index (χ2n) is 5.53. The molecule has 0 aliphatic carbocycles. The molecule has 4 heteroatoms. The Hall–Kier alpha value is -1.55. The normalized spacial score (nSPS) is 16.7. The highest BCUT2D eigenvalue weighted by molar-refractivity contribution is 5.89. The Bertz CT molecular complexity index is 420. The first-order valence-corrected chi connectivity index (χ1v) is 6.97. The van der Waals surface area contributed by atoms with Crippen LogP contribution in [0.25, 0.3) is 0 Å². The zero-order valence-corrected chi connectivity index (χ0v) is 11.7. The van der Waals surface area contributed by atoms with Crippen molar-refractivity contribution in [3.05, 3.63) is 29.8 Å². The van der Waals surface area contributed by atoms with E-state index in [1.165, 1.54) is 5.56 Å². The molecule has 1 heterocycles. The third-order valence-electron chi connectivity index (χ3n) is 3.66. The third kappa shape index (κ3) is 3.70. The summed E-state index contributed by atoms with van der Waals surface area (Å²) in [6.07, 6.45) is 1.78. The van der Waals surface area contributed by atoms with Crippen LogP contribution in [0.15, 0.2) is 24.3 Å². The molecule has 1 aliphatic heterocycles. The maximum Gasteiger partial charge on any atom is 0.321 e. The minimum Gasteiger partial charge on any atom is -0.328 e. The van der Waals surface area contributed by atoms with Crippen molar-refractivity contribution in [3.8, 4) is 0 Å². The summed E-state index contributed by atoms with van der Waals surface area (Å²) < 4.78 is 0. The predicted molar refractivity (Wildman–Crippen MR) is 78.3 cm³/mol. The lowest BCUT2D eigenvalue weighted by molar-refractivity contribution is 0.195. The van der Waals surface area contributed by atoms with Crippen LogP contribution >= 0.6 is 0 Å². The lowest BCUT2D eigenvalue weighted by atomic mass is 10.0. The molecule has 19 heavy (non-hydrogen) atoms. The fraction of sp³-hybridized carbons (Fsp3) is 0.533. The highest BCUT2D eigenvalue weighted by Crippen LogP contribution is 2.18. The Morgan fingerprint density at radius 2 is 1.84 bits per heavy atom. The van der Waals surface area contributed by atoms with E-state index in [2.05, 4.69) is 31.3 Å². The number of hydrogen-bond donors (Lipinski definition) is 2. The van der Waals surface area contributed by atoms with Gasteiger partial charge in [0.2, 0.25) is 0 Å². The Kier molecular flexibility index (Phi) is 4.43. The summed E-state index contributed by atoms with van der Waals surface area (Å²) >= 11 is 0. The minimum absolute atomic E-state index is 0.0239. The van der Waals surface area contributed by atoms with E-state index in [0.29, 0.717) is 5.92 Å². The molecule has 0 radical (unpaired) electrons. The van der Waals surface area contributed by atoms with Gasteiger partial charge in [-0.25, -0.2) is 4.79 Å². The molecule has 2 amide bonds. The average molecular weight is 261 g/mol. The van der Waals surface area contributed by atoms with E-state index >= 15 is 0 Å². The van der Waals surface area contributed by atoms with Crippen LogP contribution in [0.1, 0.15) is 38.2 Å². The van der Waals surface area contributed by atoms with Crippen molar-refractivity contribution in [1.29, 1.82) is 0 Å². The summed E-state index contributed by atoms with van der Waals surface area (Å²) in [5.74, 6) is 0.508. The number of rotatable bonds is 2. The van der Waals surface area contributed by atoms with Crippen molar-refractivity contribution >= 4 is 11.7 Å². The first-order chi connectivity index (χ1) is 9.06. The smallest absolute Gasteiger partial charge is 0.321 e. The van der Waals surface area contributed by atoms with Gasteiger partial charge in [0.15, 0.2) is 0 Å². The molecule has 1 aromatic carbocycles. The summed E-state index contributed by atoms with van der Waals surface area (Å²) in [5, 5.41) is 2.94. The summed E-state index contributed by atoms with van der Waals surface area (Å²) in [6, 6.07) is 8.27. The molecule has 0 unspecified atom stereocenters. The molecule has 1 saturated heterocycles. The fourth-order valence-electron chi connectivity index (χ4n) is 2.26. The van der Waals surface area contributed by atoms with Gasteiger partial charge in [-0.05, 0) is 36.5 Å². The van der Waals surface area contributed by atoms with E-state index in [0.717, 1.165) is 31.6 Å². The highest BCUT2D eigenvalue weighted by atomic mass is 16.2. The van der Waals surface area contributed by atoms with Crippen LogP contribution in [-0.2, 0) is 0 Å². The number of amides is 2. The average Bonchev–Trinajstić information content (AvgIpc) is 2.40. The van der Waals surface area contributed by atoms with Gasteiger partial charge in [-0.3, -0.25) is 0 Å². The molecule has 1 aromatic rings. The number of urea groups is 1. The number of nitrogens with two attached hydrogens (primary N) is 1. The van der Waals surface area contributed by atoms with Gasteiger partial charge in [-0.2, -0.15) is 0 Å². The molecule has 4 nitrogen and oxygen atoms in total. The second kappa shape index (κ2) is 6.06.